The molecule has 162 valence electrons. The number of benzene rings is 2. The molecule has 0 aromatic heterocycles. The standard InChI is InChI=1S/C21H27N3O4S2/c1-21(2)13-18(17-12-16(27-4)9-10-19(17)28-21)23-20(29)22-14-7-6-8-15(11-14)24(3)30(5,25)26/h6-12,18H,13H2,1-5H3,(H2,22,23,29)/t18-/m1/s1. The number of nitrogens with zero attached hydrogens (tertiary/aromatic N) is 1. The predicted octanol–water partition coefficient (Wildman–Crippen LogP) is 3.68. The number of nitrogens with one attached hydrogen (secondary N) is 2. The lowest BCUT2D eigenvalue weighted by molar-refractivity contribution is 0.0695. The van der Waals surface area contributed by atoms with Gasteiger partial charge in [-0.3, -0.25) is 4.31 Å². The first-order valence-corrected chi connectivity index (χ1v) is 11.7. The average Bonchev–Trinajstić information content (AvgIpc) is 2.65. The molecular formula is C21H27N3O4S2. The Morgan fingerprint density at radius 1 is 1.27 bits per heavy atom. The van der Waals surface area contributed by atoms with Crippen molar-refractivity contribution in [1.29, 1.82) is 0 Å². The van der Waals surface area contributed by atoms with E-state index in [0.717, 1.165) is 23.3 Å². The van der Waals surface area contributed by atoms with E-state index in [2.05, 4.69) is 10.6 Å². The van der Waals surface area contributed by atoms with Crippen LogP contribution >= 0.6 is 12.2 Å². The SMILES string of the molecule is COc1ccc2c(c1)[C@H](NC(=S)Nc1cccc(N(C)S(C)(=O)=O)c1)CC(C)(C)O2. The third kappa shape index (κ3) is 5.14. The van der Waals surface area contributed by atoms with Crippen molar-refractivity contribution in [3.8, 4) is 11.5 Å². The Morgan fingerprint density at radius 3 is 2.67 bits per heavy atom. The van der Waals surface area contributed by atoms with E-state index < -0.39 is 10.0 Å². The lowest BCUT2D eigenvalue weighted by Crippen LogP contribution is -2.42. The van der Waals surface area contributed by atoms with Gasteiger partial charge in [-0.2, -0.15) is 0 Å². The molecular weight excluding hydrogens is 422 g/mol. The van der Waals surface area contributed by atoms with Gasteiger partial charge >= 0.3 is 0 Å². The molecule has 30 heavy (non-hydrogen) atoms. The number of methoxy groups -OCH3 is 1. The minimum atomic E-state index is -3.35. The summed E-state index contributed by atoms with van der Waals surface area (Å²) in [7, 11) is -0.203. The van der Waals surface area contributed by atoms with Gasteiger partial charge in [0.1, 0.15) is 17.1 Å². The summed E-state index contributed by atoms with van der Waals surface area (Å²) in [5.74, 6) is 1.54. The van der Waals surface area contributed by atoms with Crippen LogP contribution in [0.5, 0.6) is 11.5 Å². The first-order chi connectivity index (χ1) is 14.0. The first kappa shape index (κ1) is 22.2. The molecule has 3 rings (SSSR count). The van der Waals surface area contributed by atoms with Crippen molar-refractivity contribution in [2.75, 3.05) is 30.0 Å². The average molecular weight is 450 g/mol. The fourth-order valence-electron chi connectivity index (χ4n) is 3.38. The highest BCUT2D eigenvalue weighted by Crippen LogP contribution is 2.41. The van der Waals surface area contributed by atoms with Crippen molar-refractivity contribution in [2.24, 2.45) is 0 Å². The van der Waals surface area contributed by atoms with Gasteiger partial charge in [0.2, 0.25) is 10.0 Å². The van der Waals surface area contributed by atoms with Gasteiger partial charge < -0.3 is 20.1 Å². The molecule has 0 bridgehead atoms. The van der Waals surface area contributed by atoms with E-state index in [0.29, 0.717) is 22.9 Å². The van der Waals surface area contributed by atoms with Gasteiger partial charge in [-0.15, -0.1) is 0 Å². The molecule has 0 amide bonds. The molecule has 0 saturated carbocycles. The molecule has 1 heterocycles. The third-order valence-corrected chi connectivity index (χ3v) is 6.37. The van der Waals surface area contributed by atoms with Crippen LogP contribution in [0.1, 0.15) is 31.9 Å². The van der Waals surface area contributed by atoms with E-state index in [4.69, 9.17) is 21.7 Å². The van der Waals surface area contributed by atoms with Crippen LogP contribution < -0.4 is 24.4 Å². The maximum absolute atomic E-state index is 11.8. The van der Waals surface area contributed by atoms with E-state index in [1.54, 1.807) is 25.3 Å². The molecule has 0 fully saturated rings. The number of hydrogen-bond acceptors (Lipinski definition) is 5. The van der Waals surface area contributed by atoms with E-state index in [1.807, 2.05) is 38.1 Å². The molecule has 0 aliphatic carbocycles. The quantitative estimate of drug-likeness (QED) is 0.674. The molecule has 7 nitrogen and oxygen atoms in total. The Bertz CT molecular complexity index is 1050. The summed E-state index contributed by atoms with van der Waals surface area (Å²) in [6.07, 6.45) is 1.88. The zero-order chi connectivity index (χ0) is 22.1. The molecule has 1 aliphatic heterocycles. The van der Waals surface area contributed by atoms with Gasteiger partial charge in [-0.05, 0) is 62.5 Å². The molecule has 0 saturated heterocycles. The first-order valence-electron chi connectivity index (χ1n) is 9.47. The van der Waals surface area contributed by atoms with E-state index in [9.17, 15) is 8.42 Å². The predicted molar refractivity (Wildman–Crippen MR) is 124 cm³/mol. The number of thiocarbonyl (C=S) groups is 1. The number of hydrogen-bond donors (Lipinski definition) is 2. The fourth-order valence-corrected chi connectivity index (χ4v) is 4.14. The Morgan fingerprint density at radius 2 is 2.00 bits per heavy atom. The molecule has 2 N–H and O–H groups in total. The lowest BCUT2D eigenvalue weighted by atomic mass is 9.89. The van der Waals surface area contributed by atoms with Gasteiger partial charge in [0.25, 0.3) is 0 Å². The van der Waals surface area contributed by atoms with Crippen molar-refractivity contribution in [3.05, 3.63) is 48.0 Å². The van der Waals surface area contributed by atoms with Crippen molar-refractivity contribution < 1.29 is 17.9 Å². The highest BCUT2D eigenvalue weighted by molar-refractivity contribution is 7.92. The second-order valence-electron chi connectivity index (χ2n) is 7.90. The highest BCUT2D eigenvalue weighted by Gasteiger charge is 2.34. The normalized spacial score (nSPS) is 17.3. The molecule has 1 aliphatic rings. The largest absolute Gasteiger partial charge is 0.497 e. The number of rotatable bonds is 5. The van der Waals surface area contributed by atoms with Crippen LogP contribution in [0.2, 0.25) is 0 Å². The van der Waals surface area contributed by atoms with Gasteiger partial charge in [0.05, 0.1) is 25.1 Å². The van der Waals surface area contributed by atoms with E-state index in [1.165, 1.54) is 11.4 Å². The molecule has 9 heteroatoms. The van der Waals surface area contributed by atoms with Gasteiger partial charge in [0.15, 0.2) is 5.11 Å². The summed E-state index contributed by atoms with van der Waals surface area (Å²) in [4.78, 5) is 0. The molecule has 1 atom stereocenters. The van der Waals surface area contributed by atoms with Gasteiger partial charge in [0, 0.05) is 24.7 Å². The molecule has 0 spiro atoms. The van der Waals surface area contributed by atoms with Crippen molar-refractivity contribution in [1.82, 2.24) is 5.32 Å². The van der Waals surface area contributed by atoms with Crippen LogP contribution in [-0.2, 0) is 10.0 Å². The summed E-state index contributed by atoms with van der Waals surface area (Å²) in [6, 6.07) is 12.7. The number of ether oxygens (including phenoxy) is 2. The Kier molecular flexibility index (Phi) is 6.14. The minimum absolute atomic E-state index is 0.0688. The maximum Gasteiger partial charge on any atom is 0.231 e. The maximum atomic E-state index is 11.8. The van der Waals surface area contributed by atoms with Crippen molar-refractivity contribution >= 4 is 38.7 Å². The van der Waals surface area contributed by atoms with Crippen LogP contribution in [0.3, 0.4) is 0 Å². The molecule has 0 radical (unpaired) electrons. The minimum Gasteiger partial charge on any atom is -0.497 e. The van der Waals surface area contributed by atoms with Crippen LogP contribution in [0, 0.1) is 0 Å². The van der Waals surface area contributed by atoms with Crippen LogP contribution in [-0.4, -0.2) is 39.5 Å². The van der Waals surface area contributed by atoms with Crippen molar-refractivity contribution in [3.63, 3.8) is 0 Å². The van der Waals surface area contributed by atoms with Crippen molar-refractivity contribution in [2.45, 2.75) is 31.9 Å². The molecule has 2 aromatic rings. The van der Waals surface area contributed by atoms with Crippen LogP contribution in [0.15, 0.2) is 42.5 Å². The summed E-state index contributed by atoms with van der Waals surface area (Å²) < 4.78 is 36.3. The highest BCUT2D eigenvalue weighted by atomic mass is 32.2. The molecule has 0 unspecified atom stereocenters. The Hall–Kier alpha value is -2.52. The summed E-state index contributed by atoms with van der Waals surface area (Å²) in [6.45, 7) is 4.08. The number of sulfonamides is 1. The Balaban J connectivity index is 1.78. The summed E-state index contributed by atoms with van der Waals surface area (Å²) in [5, 5.41) is 6.95. The monoisotopic (exact) mass is 449 g/mol. The Labute approximate surface area is 183 Å². The molecule has 2 aromatic carbocycles. The number of fused-ring (bicyclic) bond motifs is 1. The van der Waals surface area contributed by atoms with Crippen LogP contribution in [0.25, 0.3) is 0 Å². The number of anilines is 2. The lowest BCUT2D eigenvalue weighted by Gasteiger charge is -2.38. The van der Waals surface area contributed by atoms with Crippen LogP contribution in [0.4, 0.5) is 11.4 Å². The van der Waals surface area contributed by atoms with E-state index >= 15 is 0 Å². The van der Waals surface area contributed by atoms with Gasteiger partial charge in [-0.25, -0.2) is 8.42 Å². The second kappa shape index (κ2) is 8.31. The smallest absolute Gasteiger partial charge is 0.231 e. The fraction of sp³-hybridized carbons (Fsp3) is 0.381. The third-order valence-electron chi connectivity index (χ3n) is 4.94. The zero-order valence-corrected chi connectivity index (χ0v) is 19.4. The zero-order valence-electron chi connectivity index (χ0n) is 17.7. The second-order valence-corrected chi connectivity index (χ2v) is 10.3. The summed E-state index contributed by atoms with van der Waals surface area (Å²) >= 11 is 5.54. The topological polar surface area (TPSA) is 79.9 Å². The summed E-state index contributed by atoms with van der Waals surface area (Å²) in [5.41, 5.74) is 1.86. The van der Waals surface area contributed by atoms with E-state index in [-0.39, 0.29) is 11.6 Å². The van der Waals surface area contributed by atoms with Gasteiger partial charge in [-0.1, -0.05) is 6.07 Å².